The van der Waals surface area contributed by atoms with Crippen molar-refractivity contribution in [2.24, 2.45) is 5.92 Å². The Morgan fingerprint density at radius 3 is 3.04 bits per heavy atom. The molecule has 2 N–H and O–H groups in total. The number of morpholine rings is 1. The van der Waals surface area contributed by atoms with E-state index in [-0.39, 0.29) is 11.8 Å². The zero-order valence-corrected chi connectivity index (χ0v) is 13.7. The maximum atomic E-state index is 12.2. The van der Waals surface area contributed by atoms with Gasteiger partial charge in [-0.2, -0.15) is 0 Å². The number of carbonyl (C=O) groups is 1. The number of fused-ring (bicyclic) bond motifs is 1. The van der Waals surface area contributed by atoms with Crippen LogP contribution in [0.2, 0.25) is 0 Å². The lowest BCUT2D eigenvalue weighted by atomic mass is 10.1. The van der Waals surface area contributed by atoms with Crippen LogP contribution in [0.4, 0.5) is 10.8 Å². The normalized spacial score (nSPS) is 21.7. The first-order valence-electron chi connectivity index (χ1n) is 8.04. The molecule has 2 saturated heterocycles. The molecule has 23 heavy (non-hydrogen) atoms. The van der Waals surface area contributed by atoms with Gasteiger partial charge in [0.1, 0.15) is 0 Å². The molecule has 1 amide bonds. The fourth-order valence-electron chi connectivity index (χ4n) is 3.00. The van der Waals surface area contributed by atoms with Crippen molar-refractivity contribution in [3.05, 3.63) is 18.2 Å². The first-order chi connectivity index (χ1) is 11.3. The van der Waals surface area contributed by atoms with Crippen LogP contribution >= 0.6 is 11.3 Å². The molecular formula is C16H20N4O2S. The van der Waals surface area contributed by atoms with Gasteiger partial charge in [-0.1, -0.05) is 11.3 Å². The number of benzene rings is 1. The van der Waals surface area contributed by atoms with Crippen molar-refractivity contribution in [1.29, 1.82) is 0 Å². The summed E-state index contributed by atoms with van der Waals surface area (Å²) in [5.41, 5.74) is 1.84. The van der Waals surface area contributed by atoms with Crippen LogP contribution in [0, 0.1) is 5.92 Å². The first-order valence-corrected chi connectivity index (χ1v) is 8.86. The predicted octanol–water partition coefficient (Wildman–Crippen LogP) is 1.68. The number of ether oxygens (including phenoxy) is 1. The van der Waals surface area contributed by atoms with Crippen molar-refractivity contribution in [2.45, 2.75) is 6.42 Å². The summed E-state index contributed by atoms with van der Waals surface area (Å²) < 4.78 is 6.49. The predicted molar refractivity (Wildman–Crippen MR) is 92.3 cm³/mol. The van der Waals surface area contributed by atoms with Crippen LogP contribution in [-0.2, 0) is 9.53 Å². The second-order valence-corrected chi connectivity index (χ2v) is 6.97. The molecule has 0 spiro atoms. The molecule has 2 aliphatic heterocycles. The van der Waals surface area contributed by atoms with Gasteiger partial charge in [0.15, 0.2) is 5.13 Å². The number of aromatic nitrogens is 1. The second-order valence-electron chi connectivity index (χ2n) is 5.96. The monoisotopic (exact) mass is 332 g/mol. The van der Waals surface area contributed by atoms with E-state index in [1.807, 2.05) is 18.2 Å². The number of rotatable bonds is 3. The third-order valence-corrected chi connectivity index (χ3v) is 5.44. The highest BCUT2D eigenvalue weighted by Crippen LogP contribution is 2.31. The molecule has 6 nitrogen and oxygen atoms in total. The van der Waals surface area contributed by atoms with E-state index >= 15 is 0 Å². The van der Waals surface area contributed by atoms with E-state index in [9.17, 15) is 4.79 Å². The number of hydrogen-bond acceptors (Lipinski definition) is 6. The van der Waals surface area contributed by atoms with Crippen molar-refractivity contribution in [3.8, 4) is 0 Å². The molecule has 0 bridgehead atoms. The molecule has 1 aromatic heterocycles. The summed E-state index contributed by atoms with van der Waals surface area (Å²) in [4.78, 5) is 19.2. The van der Waals surface area contributed by atoms with E-state index in [0.29, 0.717) is 0 Å². The Labute approximate surface area is 138 Å². The zero-order valence-electron chi connectivity index (χ0n) is 12.9. The number of nitrogens with one attached hydrogen (secondary N) is 2. The van der Waals surface area contributed by atoms with Crippen molar-refractivity contribution >= 4 is 38.3 Å². The van der Waals surface area contributed by atoms with E-state index < -0.39 is 0 Å². The molecule has 2 aromatic rings. The van der Waals surface area contributed by atoms with Crippen LogP contribution in [0.1, 0.15) is 6.42 Å². The number of thiazole rings is 1. The maximum Gasteiger partial charge on any atom is 0.228 e. The molecule has 1 atom stereocenters. The Morgan fingerprint density at radius 1 is 1.39 bits per heavy atom. The summed E-state index contributed by atoms with van der Waals surface area (Å²) in [7, 11) is 0. The molecule has 2 fully saturated rings. The standard InChI is InChI=1S/C16H20N4O2S/c21-15(11-3-4-17-10-11)18-12-1-2-13-14(9-12)23-16(19-13)20-5-7-22-8-6-20/h1-2,9,11,17H,3-8,10H2,(H,18,21). The van der Waals surface area contributed by atoms with Gasteiger partial charge in [0.2, 0.25) is 5.91 Å². The smallest absolute Gasteiger partial charge is 0.228 e. The summed E-state index contributed by atoms with van der Waals surface area (Å²) in [6, 6.07) is 5.95. The molecule has 0 saturated carbocycles. The van der Waals surface area contributed by atoms with Gasteiger partial charge in [0, 0.05) is 25.3 Å². The van der Waals surface area contributed by atoms with E-state index in [0.717, 1.165) is 66.8 Å². The number of amides is 1. The average Bonchev–Trinajstić information content (AvgIpc) is 3.25. The number of nitrogens with zero attached hydrogens (tertiary/aromatic N) is 2. The molecule has 0 aliphatic carbocycles. The topological polar surface area (TPSA) is 66.5 Å². The lowest BCUT2D eigenvalue weighted by Gasteiger charge is -2.25. The fourth-order valence-corrected chi connectivity index (χ4v) is 4.06. The molecule has 0 radical (unpaired) electrons. The summed E-state index contributed by atoms with van der Waals surface area (Å²) in [5, 5.41) is 7.29. The summed E-state index contributed by atoms with van der Waals surface area (Å²) >= 11 is 1.67. The van der Waals surface area contributed by atoms with Gasteiger partial charge < -0.3 is 20.3 Å². The molecule has 122 valence electrons. The van der Waals surface area contributed by atoms with Crippen molar-refractivity contribution in [2.75, 3.05) is 49.6 Å². The average molecular weight is 332 g/mol. The molecule has 2 aliphatic rings. The van der Waals surface area contributed by atoms with Crippen LogP contribution in [0.5, 0.6) is 0 Å². The van der Waals surface area contributed by atoms with Crippen LogP contribution in [0.15, 0.2) is 18.2 Å². The highest BCUT2D eigenvalue weighted by molar-refractivity contribution is 7.22. The minimum absolute atomic E-state index is 0.0797. The summed E-state index contributed by atoms with van der Waals surface area (Å²) in [6.45, 7) is 4.99. The van der Waals surface area contributed by atoms with Gasteiger partial charge >= 0.3 is 0 Å². The largest absolute Gasteiger partial charge is 0.378 e. The third-order valence-electron chi connectivity index (χ3n) is 4.36. The Kier molecular flexibility index (Phi) is 4.15. The number of hydrogen-bond donors (Lipinski definition) is 2. The third kappa shape index (κ3) is 3.17. The molecule has 7 heteroatoms. The lowest BCUT2D eigenvalue weighted by Crippen LogP contribution is -2.36. The highest BCUT2D eigenvalue weighted by atomic mass is 32.1. The molecule has 1 aromatic carbocycles. The minimum atomic E-state index is 0.0797. The molecule has 1 unspecified atom stereocenters. The van der Waals surface area contributed by atoms with Crippen molar-refractivity contribution in [1.82, 2.24) is 10.3 Å². The minimum Gasteiger partial charge on any atom is -0.378 e. The van der Waals surface area contributed by atoms with Crippen molar-refractivity contribution in [3.63, 3.8) is 0 Å². The van der Waals surface area contributed by atoms with Crippen LogP contribution in [0.25, 0.3) is 10.2 Å². The van der Waals surface area contributed by atoms with Gasteiger partial charge in [0.05, 0.1) is 29.3 Å². The fraction of sp³-hybridized carbons (Fsp3) is 0.500. The Hall–Kier alpha value is -1.70. The van der Waals surface area contributed by atoms with Crippen LogP contribution in [0.3, 0.4) is 0 Å². The summed E-state index contributed by atoms with van der Waals surface area (Å²) in [6.07, 6.45) is 0.913. The van der Waals surface area contributed by atoms with E-state index in [1.165, 1.54) is 0 Å². The van der Waals surface area contributed by atoms with Gasteiger partial charge in [-0.3, -0.25) is 4.79 Å². The lowest BCUT2D eigenvalue weighted by molar-refractivity contribution is -0.119. The van der Waals surface area contributed by atoms with Crippen molar-refractivity contribution < 1.29 is 9.53 Å². The van der Waals surface area contributed by atoms with Crippen LogP contribution < -0.4 is 15.5 Å². The van der Waals surface area contributed by atoms with Gasteiger partial charge in [0.25, 0.3) is 0 Å². The van der Waals surface area contributed by atoms with E-state index in [1.54, 1.807) is 11.3 Å². The van der Waals surface area contributed by atoms with Gasteiger partial charge in [-0.05, 0) is 31.2 Å². The SMILES string of the molecule is O=C(Nc1ccc2nc(N3CCOCC3)sc2c1)C1CCNC1. The maximum absolute atomic E-state index is 12.2. The number of anilines is 2. The van der Waals surface area contributed by atoms with E-state index in [4.69, 9.17) is 9.72 Å². The Bertz CT molecular complexity index is 705. The Balaban J connectivity index is 1.51. The molecule has 3 heterocycles. The van der Waals surface area contributed by atoms with Gasteiger partial charge in [-0.15, -0.1) is 0 Å². The van der Waals surface area contributed by atoms with E-state index in [2.05, 4.69) is 15.5 Å². The zero-order chi connectivity index (χ0) is 15.6. The molecule has 4 rings (SSSR count). The molecular weight excluding hydrogens is 312 g/mol. The van der Waals surface area contributed by atoms with Crippen LogP contribution in [-0.4, -0.2) is 50.3 Å². The number of carbonyl (C=O) groups excluding carboxylic acids is 1. The Morgan fingerprint density at radius 2 is 2.26 bits per heavy atom. The van der Waals surface area contributed by atoms with Gasteiger partial charge in [-0.25, -0.2) is 4.98 Å². The quantitative estimate of drug-likeness (QED) is 0.895. The first kappa shape index (κ1) is 14.9. The summed E-state index contributed by atoms with van der Waals surface area (Å²) in [5.74, 6) is 0.184. The second kappa shape index (κ2) is 6.43. The highest BCUT2D eigenvalue weighted by Gasteiger charge is 2.22.